The molecular formula is C28H34Cl2N8O2. The zero-order valence-corrected chi connectivity index (χ0v) is 24.0. The first kappa shape index (κ1) is 28.2. The van der Waals surface area contributed by atoms with Crippen molar-refractivity contribution in [3.63, 3.8) is 0 Å². The lowest BCUT2D eigenvalue weighted by Crippen LogP contribution is -2.59. The molecule has 1 saturated carbocycles. The normalized spacial score (nSPS) is 18.8. The number of carbonyl (C=O) groups is 2. The van der Waals surface area contributed by atoms with Crippen LogP contribution >= 0.6 is 23.2 Å². The Morgan fingerprint density at radius 1 is 1.07 bits per heavy atom. The largest absolute Gasteiger partial charge is 0.350 e. The summed E-state index contributed by atoms with van der Waals surface area (Å²) in [6.07, 6.45) is 10.7. The van der Waals surface area contributed by atoms with Crippen LogP contribution in [0.5, 0.6) is 0 Å². The van der Waals surface area contributed by atoms with E-state index in [1.54, 1.807) is 29.4 Å². The molecule has 1 aromatic carbocycles. The van der Waals surface area contributed by atoms with Crippen molar-refractivity contribution in [1.29, 1.82) is 0 Å². The maximum absolute atomic E-state index is 13.3. The Kier molecular flexibility index (Phi) is 9.06. The lowest BCUT2D eigenvalue weighted by Gasteiger charge is -2.42. The molecule has 2 unspecified atom stereocenters. The summed E-state index contributed by atoms with van der Waals surface area (Å²) in [6.45, 7) is 3.31. The molecule has 0 radical (unpaired) electrons. The average Bonchev–Trinajstić information content (AvgIpc) is 3.49. The van der Waals surface area contributed by atoms with Gasteiger partial charge in [-0.3, -0.25) is 9.36 Å². The van der Waals surface area contributed by atoms with Crippen LogP contribution in [0.3, 0.4) is 0 Å². The highest BCUT2D eigenvalue weighted by Gasteiger charge is 2.33. The number of hydrogen-bond acceptors (Lipinski definition) is 6. The van der Waals surface area contributed by atoms with Crippen molar-refractivity contribution < 1.29 is 9.59 Å². The summed E-state index contributed by atoms with van der Waals surface area (Å²) in [7, 11) is 0. The van der Waals surface area contributed by atoms with E-state index in [2.05, 4.69) is 20.6 Å². The molecule has 212 valence electrons. The number of rotatable bonds is 7. The molecular weight excluding hydrogens is 551 g/mol. The summed E-state index contributed by atoms with van der Waals surface area (Å²) in [5, 5.41) is 7.23. The van der Waals surface area contributed by atoms with E-state index in [1.165, 1.54) is 6.42 Å². The molecule has 10 nitrogen and oxygen atoms in total. The monoisotopic (exact) mass is 584 g/mol. The Balaban J connectivity index is 1.34. The van der Waals surface area contributed by atoms with Crippen molar-refractivity contribution in [2.45, 2.75) is 63.6 Å². The SMILES string of the molecule is CC(NC(=O)CC1CN(C(=O)NC2CCCCC2)CCN1c1cc(Cl)nc(-n2ccnc2)n1)c1ccc(Cl)cc1. The van der Waals surface area contributed by atoms with Crippen molar-refractivity contribution in [3.05, 3.63) is 64.8 Å². The molecule has 0 bridgehead atoms. The summed E-state index contributed by atoms with van der Waals surface area (Å²) in [5.41, 5.74) is 0.958. The highest BCUT2D eigenvalue weighted by atomic mass is 35.5. The number of aromatic nitrogens is 4. The van der Waals surface area contributed by atoms with E-state index < -0.39 is 0 Å². The predicted octanol–water partition coefficient (Wildman–Crippen LogP) is 4.77. The molecule has 3 amide bonds. The molecule has 2 aliphatic rings. The van der Waals surface area contributed by atoms with Crippen LogP contribution in [-0.4, -0.2) is 68.1 Å². The van der Waals surface area contributed by atoms with Gasteiger partial charge >= 0.3 is 6.03 Å². The number of benzene rings is 1. The van der Waals surface area contributed by atoms with Gasteiger partial charge in [-0.25, -0.2) is 14.8 Å². The Morgan fingerprint density at radius 2 is 1.85 bits per heavy atom. The summed E-state index contributed by atoms with van der Waals surface area (Å²) < 4.78 is 1.68. The van der Waals surface area contributed by atoms with Crippen LogP contribution in [0.1, 0.15) is 57.1 Å². The fourth-order valence-corrected chi connectivity index (χ4v) is 5.71. The minimum atomic E-state index is -0.315. The predicted molar refractivity (Wildman–Crippen MR) is 155 cm³/mol. The average molecular weight is 586 g/mol. The number of hydrogen-bond donors (Lipinski definition) is 2. The van der Waals surface area contributed by atoms with Gasteiger partial charge in [0.15, 0.2) is 0 Å². The molecule has 2 fully saturated rings. The second-order valence-electron chi connectivity index (χ2n) is 10.4. The van der Waals surface area contributed by atoms with Gasteiger partial charge in [0.25, 0.3) is 0 Å². The van der Waals surface area contributed by atoms with Gasteiger partial charge in [0.05, 0.1) is 12.1 Å². The standard InChI is InChI=1S/C28H34Cl2N8O2/c1-19(20-7-9-21(29)10-8-20)32-26(39)15-23-17-36(28(40)33-22-5-3-2-4-6-22)13-14-38(23)25-16-24(30)34-27(35-25)37-12-11-31-18-37/h7-12,16,18-19,22-23H,2-6,13-15,17H2,1H3,(H,32,39)(H,33,40). The summed E-state index contributed by atoms with van der Waals surface area (Å²) in [6, 6.07) is 8.73. The molecule has 0 spiro atoms. The second-order valence-corrected chi connectivity index (χ2v) is 11.3. The van der Waals surface area contributed by atoms with E-state index in [1.807, 2.05) is 41.0 Å². The zero-order valence-electron chi connectivity index (χ0n) is 22.5. The van der Waals surface area contributed by atoms with Crippen LogP contribution in [0, 0.1) is 0 Å². The van der Waals surface area contributed by atoms with Crippen molar-refractivity contribution in [2.24, 2.45) is 0 Å². The van der Waals surface area contributed by atoms with E-state index in [0.29, 0.717) is 36.4 Å². The first-order valence-electron chi connectivity index (χ1n) is 13.8. The lowest BCUT2D eigenvalue weighted by molar-refractivity contribution is -0.122. The number of imidazole rings is 1. The minimum Gasteiger partial charge on any atom is -0.350 e. The first-order chi connectivity index (χ1) is 19.4. The number of carbonyl (C=O) groups excluding carboxylic acids is 2. The van der Waals surface area contributed by atoms with Crippen molar-refractivity contribution in [1.82, 2.24) is 35.1 Å². The van der Waals surface area contributed by atoms with Gasteiger partial charge in [-0.1, -0.05) is 54.6 Å². The first-order valence-corrected chi connectivity index (χ1v) is 14.5. The molecule has 2 atom stereocenters. The van der Waals surface area contributed by atoms with Crippen molar-refractivity contribution in [3.8, 4) is 5.95 Å². The molecule has 1 saturated heterocycles. The van der Waals surface area contributed by atoms with Gasteiger partial charge in [0, 0.05) is 55.6 Å². The van der Waals surface area contributed by atoms with Crippen LogP contribution < -0.4 is 15.5 Å². The topological polar surface area (TPSA) is 108 Å². The molecule has 3 aromatic rings. The summed E-state index contributed by atoms with van der Waals surface area (Å²) in [5.74, 6) is 0.860. The minimum absolute atomic E-state index is 0.0775. The van der Waals surface area contributed by atoms with Crippen LogP contribution in [0.15, 0.2) is 49.1 Å². The number of nitrogens with zero attached hydrogens (tertiary/aromatic N) is 6. The van der Waals surface area contributed by atoms with Crippen molar-refractivity contribution in [2.75, 3.05) is 24.5 Å². The Hall–Kier alpha value is -3.37. The molecule has 1 aliphatic carbocycles. The van der Waals surface area contributed by atoms with E-state index in [4.69, 9.17) is 28.2 Å². The molecule has 5 rings (SSSR count). The maximum atomic E-state index is 13.3. The third-order valence-corrected chi connectivity index (χ3v) is 8.02. The van der Waals surface area contributed by atoms with Gasteiger partial charge in [0.2, 0.25) is 11.9 Å². The Morgan fingerprint density at radius 3 is 2.58 bits per heavy atom. The van der Waals surface area contributed by atoms with Gasteiger partial charge in [-0.15, -0.1) is 0 Å². The van der Waals surface area contributed by atoms with E-state index >= 15 is 0 Å². The molecule has 3 heterocycles. The molecule has 1 aliphatic heterocycles. The van der Waals surface area contributed by atoms with Gasteiger partial charge in [0.1, 0.15) is 17.3 Å². The number of halogens is 2. The number of piperazine rings is 1. The number of urea groups is 1. The highest BCUT2D eigenvalue weighted by Crippen LogP contribution is 2.25. The Bertz CT molecular complexity index is 1300. The van der Waals surface area contributed by atoms with Crippen molar-refractivity contribution >= 4 is 41.0 Å². The quantitative estimate of drug-likeness (QED) is 0.387. The number of anilines is 1. The Labute approximate surface area is 244 Å². The molecule has 2 N–H and O–H groups in total. The molecule has 40 heavy (non-hydrogen) atoms. The number of amides is 3. The van der Waals surface area contributed by atoms with Crippen LogP contribution in [0.2, 0.25) is 10.2 Å². The van der Waals surface area contributed by atoms with Gasteiger partial charge in [-0.2, -0.15) is 4.98 Å². The van der Waals surface area contributed by atoms with Gasteiger partial charge in [-0.05, 0) is 37.5 Å². The van der Waals surface area contributed by atoms with Crippen LogP contribution in [-0.2, 0) is 4.79 Å². The second kappa shape index (κ2) is 12.9. The molecule has 2 aromatic heterocycles. The fourth-order valence-electron chi connectivity index (χ4n) is 5.41. The van der Waals surface area contributed by atoms with E-state index in [-0.39, 0.29) is 41.6 Å². The molecule has 12 heteroatoms. The zero-order chi connectivity index (χ0) is 28.1. The van der Waals surface area contributed by atoms with E-state index in [9.17, 15) is 9.59 Å². The van der Waals surface area contributed by atoms with E-state index in [0.717, 1.165) is 31.2 Å². The van der Waals surface area contributed by atoms with Gasteiger partial charge < -0.3 is 20.4 Å². The van der Waals surface area contributed by atoms with Crippen LogP contribution in [0.4, 0.5) is 10.6 Å². The highest BCUT2D eigenvalue weighted by molar-refractivity contribution is 6.30. The smallest absolute Gasteiger partial charge is 0.317 e. The third-order valence-electron chi connectivity index (χ3n) is 7.57. The fraction of sp³-hybridized carbons (Fsp3) is 0.464. The lowest BCUT2D eigenvalue weighted by atomic mass is 9.96. The number of nitrogens with one attached hydrogen (secondary N) is 2. The third kappa shape index (κ3) is 7.03. The maximum Gasteiger partial charge on any atom is 0.317 e. The summed E-state index contributed by atoms with van der Waals surface area (Å²) >= 11 is 12.4. The van der Waals surface area contributed by atoms with Crippen LogP contribution in [0.25, 0.3) is 5.95 Å². The summed E-state index contributed by atoms with van der Waals surface area (Å²) in [4.78, 5) is 43.5.